The van der Waals surface area contributed by atoms with Crippen LogP contribution in [0, 0.1) is 5.82 Å². The van der Waals surface area contributed by atoms with Crippen LogP contribution in [0.1, 0.15) is 5.56 Å². The van der Waals surface area contributed by atoms with Gasteiger partial charge in [0.2, 0.25) is 0 Å². The Balaban J connectivity index is 0.00000161. The number of aromatic nitrogens is 1. The van der Waals surface area contributed by atoms with Gasteiger partial charge in [0.15, 0.2) is 0 Å². The lowest BCUT2D eigenvalue weighted by molar-refractivity contribution is -0.0259. The molecule has 21 heavy (non-hydrogen) atoms. The summed E-state index contributed by atoms with van der Waals surface area (Å²) in [5.41, 5.74) is 7.44. The molecule has 1 atom stereocenters. The second-order valence-corrected chi connectivity index (χ2v) is 5.07. The van der Waals surface area contributed by atoms with Crippen LogP contribution in [0.15, 0.2) is 30.5 Å². The van der Waals surface area contributed by atoms with Crippen molar-refractivity contribution in [2.24, 2.45) is 5.73 Å². The van der Waals surface area contributed by atoms with Gasteiger partial charge in [-0.25, -0.2) is 4.39 Å². The van der Waals surface area contributed by atoms with E-state index in [2.05, 4.69) is 9.88 Å². The van der Waals surface area contributed by atoms with Crippen molar-refractivity contribution in [2.45, 2.75) is 12.6 Å². The number of nitrogens with two attached hydrogens (primary N) is 1. The van der Waals surface area contributed by atoms with Crippen molar-refractivity contribution in [1.29, 1.82) is 0 Å². The van der Waals surface area contributed by atoms with E-state index in [4.69, 9.17) is 10.5 Å². The van der Waals surface area contributed by atoms with Crippen molar-refractivity contribution in [1.82, 2.24) is 9.88 Å². The van der Waals surface area contributed by atoms with Gasteiger partial charge in [-0.2, -0.15) is 0 Å². The quantitative estimate of drug-likeness (QED) is 0.941. The van der Waals surface area contributed by atoms with Gasteiger partial charge >= 0.3 is 0 Å². The molecule has 114 valence electrons. The lowest BCUT2D eigenvalue weighted by Gasteiger charge is -2.32. The summed E-state index contributed by atoms with van der Waals surface area (Å²) in [6, 6.07) is 6.86. The minimum atomic E-state index is -0.223. The molecular weight excluding hydrogens is 293 g/mol. The molecule has 1 saturated heterocycles. The van der Waals surface area contributed by atoms with Gasteiger partial charge in [-0.3, -0.25) is 9.88 Å². The van der Waals surface area contributed by atoms with Crippen LogP contribution in [0.2, 0.25) is 0 Å². The Morgan fingerprint density at radius 1 is 1.38 bits per heavy atom. The van der Waals surface area contributed by atoms with Crippen LogP contribution in [0.3, 0.4) is 0 Å². The number of halogens is 2. The van der Waals surface area contributed by atoms with E-state index < -0.39 is 0 Å². The van der Waals surface area contributed by atoms with Crippen LogP contribution in [0.25, 0.3) is 10.9 Å². The third-order valence-electron chi connectivity index (χ3n) is 3.68. The highest BCUT2D eigenvalue weighted by molar-refractivity contribution is 5.85. The third-order valence-corrected chi connectivity index (χ3v) is 3.68. The summed E-state index contributed by atoms with van der Waals surface area (Å²) in [5.74, 6) is -0.223. The SMILES string of the molecule is Cl.NCC1CN(Cc2ccc(F)c3cccnc23)CCO1. The number of morpholine rings is 1. The first-order valence-electron chi connectivity index (χ1n) is 6.84. The van der Waals surface area contributed by atoms with E-state index in [1.54, 1.807) is 18.3 Å². The first-order chi connectivity index (χ1) is 9.78. The number of benzene rings is 1. The molecule has 3 rings (SSSR count). The fourth-order valence-electron chi connectivity index (χ4n) is 2.63. The van der Waals surface area contributed by atoms with Gasteiger partial charge < -0.3 is 10.5 Å². The average molecular weight is 312 g/mol. The van der Waals surface area contributed by atoms with Crippen molar-refractivity contribution in [3.63, 3.8) is 0 Å². The molecule has 0 bridgehead atoms. The molecule has 2 aromatic rings. The number of fused-ring (bicyclic) bond motifs is 1. The van der Waals surface area contributed by atoms with Gasteiger partial charge in [0.1, 0.15) is 5.82 Å². The molecule has 4 nitrogen and oxygen atoms in total. The summed E-state index contributed by atoms with van der Waals surface area (Å²) in [6.45, 7) is 3.63. The van der Waals surface area contributed by atoms with Crippen molar-refractivity contribution >= 4 is 23.3 Å². The molecular formula is C15H19ClFN3O. The molecule has 1 aliphatic heterocycles. The van der Waals surface area contributed by atoms with Crippen molar-refractivity contribution in [2.75, 3.05) is 26.2 Å². The molecule has 0 spiro atoms. The van der Waals surface area contributed by atoms with Gasteiger partial charge in [0, 0.05) is 37.8 Å². The zero-order valence-electron chi connectivity index (χ0n) is 11.7. The topological polar surface area (TPSA) is 51.4 Å². The Morgan fingerprint density at radius 2 is 2.24 bits per heavy atom. The van der Waals surface area contributed by atoms with Crippen molar-refractivity contribution in [3.05, 3.63) is 41.8 Å². The van der Waals surface area contributed by atoms with Gasteiger partial charge in [-0.1, -0.05) is 6.07 Å². The highest BCUT2D eigenvalue weighted by Crippen LogP contribution is 2.21. The van der Waals surface area contributed by atoms with E-state index in [1.807, 2.05) is 6.07 Å². The Morgan fingerprint density at radius 3 is 3.05 bits per heavy atom. The van der Waals surface area contributed by atoms with Crippen LogP contribution in [0.4, 0.5) is 4.39 Å². The third kappa shape index (κ3) is 3.49. The maximum atomic E-state index is 13.8. The highest BCUT2D eigenvalue weighted by atomic mass is 35.5. The second-order valence-electron chi connectivity index (χ2n) is 5.07. The van der Waals surface area contributed by atoms with Gasteiger partial charge in [0.05, 0.1) is 18.2 Å². The summed E-state index contributed by atoms with van der Waals surface area (Å²) >= 11 is 0. The molecule has 6 heteroatoms. The van der Waals surface area contributed by atoms with Crippen LogP contribution in [-0.4, -0.2) is 42.2 Å². The molecule has 0 saturated carbocycles. The molecule has 1 unspecified atom stereocenters. The normalized spacial score (nSPS) is 19.4. The molecule has 1 fully saturated rings. The van der Waals surface area contributed by atoms with Crippen molar-refractivity contribution in [3.8, 4) is 0 Å². The maximum Gasteiger partial charge on any atom is 0.132 e. The van der Waals surface area contributed by atoms with Gasteiger partial charge in [-0.05, 0) is 23.8 Å². The van der Waals surface area contributed by atoms with Gasteiger partial charge in [-0.15, -0.1) is 12.4 Å². The lowest BCUT2D eigenvalue weighted by Crippen LogP contribution is -2.45. The predicted octanol–water partition coefficient (Wildman–Crippen LogP) is 1.96. The maximum absolute atomic E-state index is 13.8. The number of pyridine rings is 1. The molecule has 2 N–H and O–H groups in total. The Bertz CT molecular complexity index is 610. The fourth-order valence-corrected chi connectivity index (χ4v) is 2.63. The van der Waals surface area contributed by atoms with E-state index in [1.165, 1.54) is 6.07 Å². The van der Waals surface area contributed by atoms with Crippen molar-refractivity contribution < 1.29 is 9.13 Å². The molecule has 0 radical (unpaired) electrons. The number of hydrogen-bond acceptors (Lipinski definition) is 4. The monoisotopic (exact) mass is 311 g/mol. The van der Waals surface area contributed by atoms with E-state index >= 15 is 0 Å². The van der Waals surface area contributed by atoms with E-state index in [-0.39, 0.29) is 24.3 Å². The van der Waals surface area contributed by atoms with Crippen LogP contribution < -0.4 is 5.73 Å². The summed E-state index contributed by atoms with van der Waals surface area (Å²) in [4.78, 5) is 6.60. The number of ether oxygens (including phenoxy) is 1. The number of rotatable bonds is 3. The summed E-state index contributed by atoms with van der Waals surface area (Å²) in [6.07, 6.45) is 1.79. The van der Waals surface area contributed by atoms with E-state index in [0.717, 1.165) is 30.7 Å². The molecule has 0 aliphatic carbocycles. The molecule has 1 aromatic carbocycles. The Hall–Kier alpha value is -1.27. The standard InChI is InChI=1S/C15H18FN3O.ClH/c16-14-4-3-11(15-13(14)2-1-5-18-15)9-19-6-7-20-12(8-17)10-19;/h1-5,12H,6-10,17H2;1H. The number of hydrogen-bond donors (Lipinski definition) is 1. The summed E-state index contributed by atoms with van der Waals surface area (Å²) in [5, 5.41) is 0.577. The molecule has 1 aliphatic rings. The summed E-state index contributed by atoms with van der Waals surface area (Å²) < 4.78 is 19.3. The Labute approximate surface area is 129 Å². The average Bonchev–Trinajstić information content (AvgIpc) is 2.51. The van der Waals surface area contributed by atoms with Gasteiger partial charge in [0.25, 0.3) is 0 Å². The number of nitrogens with zero attached hydrogens (tertiary/aromatic N) is 2. The van der Waals surface area contributed by atoms with E-state index in [9.17, 15) is 4.39 Å². The molecule has 1 aromatic heterocycles. The largest absolute Gasteiger partial charge is 0.374 e. The zero-order chi connectivity index (χ0) is 13.9. The smallest absolute Gasteiger partial charge is 0.132 e. The fraction of sp³-hybridized carbons (Fsp3) is 0.400. The molecule has 2 heterocycles. The first kappa shape index (κ1) is 16.1. The summed E-state index contributed by atoms with van der Waals surface area (Å²) in [7, 11) is 0. The first-order valence-corrected chi connectivity index (χ1v) is 6.84. The van der Waals surface area contributed by atoms with E-state index in [0.29, 0.717) is 18.5 Å². The zero-order valence-corrected chi connectivity index (χ0v) is 12.5. The Kier molecular flexibility index (Phi) is 5.47. The molecule has 0 amide bonds. The van der Waals surface area contributed by atoms with Crippen LogP contribution in [0.5, 0.6) is 0 Å². The lowest BCUT2D eigenvalue weighted by atomic mass is 10.1. The minimum absolute atomic E-state index is 0. The van der Waals surface area contributed by atoms with Crippen LogP contribution >= 0.6 is 12.4 Å². The predicted molar refractivity (Wildman–Crippen MR) is 83.0 cm³/mol. The minimum Gasteiger partial charge on any atom is -0.374 e. The van der Waals surface area contributed by atoms with Crippen LogP contribution in [-0.2, 0) is 11.3 Å². The second kappa shape index (κ2) is 7.13. The highest BCUT2D eigenvalue weighted by Gasteiger charge is 2.20.